The fraction of sp³-hybridized carbons (Fsp3) is 0.320. The fourth-order valence-electron chi connectivity index (χ4n) is 3.35. The summed E-state index contributed by atoms with van der Waals surface area (Å²) in [7, 11) is 0. The topological polar surface area (TPSA) is 79.2 Å². The number of carbonyl (C=O) groups is 2. The largest absolute Gasteiger partial charge is 0.452 e. The van der Waals surface area contributed by atoms with Crippen LogP contribution in [0.4, 0.5) is 0 Å². The Balaban J connectivity index is 1.46. The van der Waals surface area contributed by atoms with Gasteiger partial charge in [-0.1, -0.05) is 35.9 Å². The lowest BCUT2D eigenvalue weighted by Crippen LogP contribution is -2.30. The minimum atomic E-state index is -0.506. The Morgan fingerprint density at radius 3 is 2.65 bits per heavy atom. The molecule has 1 aliphatic carbocycles. The highest BCUT2D eigenvalue weighted by molar-refractivity contribution is 7.98. The first-order valence-corrected chi connectivity index (χ1v) is 11.5. The van der Waals surface area contributed by atoms with Gasteiger partial charge in [0.25, 0.3) is 5.91 Å². The molecule has 0 saturated carbocycles. The minimum Gasteiger partial charge on any atom is -0.452 e. The lowest BCUT2D eigenvalue weighted by Gasteiger charge is -2.13. The third-order valence-electron chi connectivity index (χ3n) is 5.07. The third kappa shape index (κ3) is 7.30. The Morgan fingerprint density at radius 2 is 1.90 bits per heavy atom. The first kappa shape index (κ1) is 22.6. The van der Waals surface area contributed by atoms with E-state index >= 15 is 0 Å². The SMILES string of the molecule is N#Cc1ccc(CSc2ccccc2C(=O)OCC(=O)NCCC2=CCCCC2)cc1. The van der Waals surface area contributed by atoms with Crippen LogP contribution in [-0.4, -0.2) is 25.0 Å². The lowest BCUT2D eigenvalue weighted by atomic mass is 9.97. The molecule has 0 saturated heterocycles. The number of hydrogen-bond donors (Lipinski definition) is 1. The number of nitriles is 1. The summed E-state index contributed by atoms with van der Waals surface area (Å²) in [6.45, 7) is 0.283. The van der Waals surface area contributed by atoms with E-state index in [4.69, 9.17) is 10.00 Å². The third-order valence-corrected chi connectivity index (χ3v) is 6.22. The maximum atomic E-state index is 12.5. The van der Waals surface area contributed by atoms with E-state index in [1.165, 1.54) is 30.2 Å². The van der Waals surface area contributed by atoms with Gasteiger partial charge in [0.05, 0.1) is 17.2 Å². The van der Waals surface area contributed by atoms with Gasteiger partial charge >= 0.3 is 5.97 Å². The standard InChI is InChI=1S/C25H26N2O3S/c26-16-20-10-12-21(13-11-20)18-31-23-9-5-4-8-22(23)25(29)30-17-24(28)27-15-14-19-6-2-1-3-7-19/h4-6,8-13H,1-3,7,14-15,17-18H2,(H,27,28). The number of ether oxygens (including phenoxy) is 1. The molecule has 2 aromatic rings. The Hall–Kier alpha value is -3.04. The Morgan fingerprint density at radius 1 is 1.10 bits per heavy atom. The van der Waals surface area contributed by atoms with Crippen LogP contribution < -0.4 is 5.32 Å². The van der Waals surface area contributed by atoms with Crippen molar-refractivity contribution in [2.45, 2.75) is 42.8 Å². The lowest BCUT2D eigenvalue weighted by molar-refractivity contribution is -0.124. The summed E-state index contributed by atoms with van der Waals surface area (Å²) in [6.07, 6.45) is 7.83. The molecule has 0 aromatic heterocycles. The van der Waals surface area contributed by atoms with Crippen molar-refractivity contribution in [2.75, 3.05) is 13.2 Å². The number of esters is 1. The number of amides is 1. The predicted molar refractivity (Wildman–Crippen MR) is 122 cm³/mol. The Bertz CT molecular complexity index is 977. The summed E-state index contributed by atoms with van der Waals surface area (Å²) in [6, 6.07) is 16.7. The Labute approximate surface area is 187 Å². The normalized spacial score (nSPS) is 13.1. The van der Waals surface area contributed by atoms with Crippen LogP contribution in [0.15, 0.2) is 65.1 Å². The van der Waals surface area contributed by atoms with Gasteiger partial charge in [-0.25, -0.2) is 4.79 Å². The number of nitrogens with zero attached hydrogens (tertiary/aromatic N) is 1. The van der Waals surface area contributed by atoms with Crippen molar-refractivity contribution < 1.29 is 14.3 Å². The molecule has 0 atom stereocenters. The van der Waals surface area contributed by atoms with Crippen molar-refractivity contribution in [1.29, 1.82) is 5.26 Å². The molecule has 0 spiro atoms. The second-order valence-electron chi connectivity index (χ2n) is 7.38. The highest BCUT2D eigenvalue weighted by Gasteiger charge is 2.15. The van der Waals surface area contributed by atoms with Crippen LogP contribution >= 0.6 is 11.8 Å². The van der Waals surface area contributed by atoms with E-state index in [-0.39, 0.29) is 12.5 Å². The second kappa shape index (κ2) is 12.0. The van der Waals surface area contributed by atoms with Gasteiger partial charge in [0.2, 0.25) is 0 Å². The quantitative estimate of drug-likeness (QED) is 0.341. The summed E-state index contributed by atoms with van der Waals surface area (Å²) >= 11 is 1.52. The maximum absolute atomic E-state index is 12.5. The number of thioether (sulfide) groups is 1. The van der Waals surface area contributed by atoms with Gasteiger partial charge in [-0.15, -0.1) is 11.8 Å². The number of rotatable bonds is 9. The van der Waals surface area contributed by atoms with Crippen molar-refractivity contribution in [1.82, 2.24) is 5.32 Å². The molecule has 1 aliphatic rings. The first-order chi connectivity index (χ1) is 15.2. The predicted octanol–water partition coefficient (Wildman–Crippen LogP) is 5.01. The molecule has 2 aromatic carbocycles. The number of allylic oxidation sites excluding steroid dienone is 1. The molecule has 1 N–H and O–H groups in total. The van der Waals surface area contributed by atoms with Gasteiger partial charge in [-0.3, -0.25) is 4.79 Å². The first-order valence-electron chi connectivity index (χ1n) is 10.5. The zero-order chi connectivity index (χ0) is 21.9. The molecular formula is C25H26N2O3S. The van der Waals surface area contributed by atoms with Gasteiger partial charge in [-0.2, -0.15) is 5.26 Å². The van der Waals surface area contributed by atoms with Gasteiger partial charge in [0.1, 0.15) is 0 Å². The van der Waals surface area contributed by atoms with Gasteiger partial charge in [0.15, 0.2) is 6.61 Å². The number of benzene rings is 2. The van der Waals surface area contributed by atoms with E-state index in [0.29, 0.717) is 23.4 Å². The average Bonchev–Trinajstić information content (AvgIpc) is 2.82. The van der Waals surface area contributed by atoms with E-state index in [1.54, 1.807) is 24.3 Å². The van der Waals surface area contributed by atoms with Crippen molar-refractivity contribution in [2.24, 2.45) is 0 Å². The highest BCUT2D eigenvalue weighted by Crippen LogP contribution is 2.27. The van der Waals surface area contributed by atoms with Gasteiger partial charge in [0, 0.05) is 17.2 Å². The molecule has 160 valence electrons. The van der Waals surface area contributed by atoms with Crippen LogP contribution in [0.5, 0.6) is 0 Å². The van der Waals surface area contributed by atoms with Crippen LogP contribution in [0.3, 0.4) is 0 Å². The molecule has 1 amide bonds. The summed E-state index contributed by atoms with van der Waals surface area (Å²) < 4.78 is 5.24. The zero-order valence-electron chi connectivity index (χ0n) is 17.4. The van der Waals surface area contributed by atoms with E-state index in [9.17, 15) is 9.59 Å². The average molecular weight is 435 g/mol. The van der Waals surface area contributed by atoms with E-state index in [2.05, 4.69) is 17.5 Å². The highest BCUT2D eigenvalue weighted by atomic mass is 32.2. The smallest absolute Gasteiger partial charge is 0.339 e. The minimum absolute atomic E-state index is 0.285. The molecule has 0 fully saturated rings. The van der Waals surface area contributed by atoms with Crippen LogP contribution in [0.25, 0.3) is 0 Å². The fourth-order valence-corrected chi connectivity index (χ4v) is 4.35. The molecule has 0 bridgehead atoms. The van der Waals surface area contributed by atoms with Crippen LogP contribution in [0, 0.1) is 11.3 Å². The number of hydrogen-bond acceptors (Lipinski definition) is 5. The molecular weight excluding hydrogens is 408 g/mol. The van der Waals surface area contributed by atoms with E-state index in [0.717, 1.165) is 29.7 Å². The van der Waals surface area contributed by atoms with Crippen molar-refractivity contribution in [3.05, 3.63) is 76.9 Å². The summed E-state index contributed by atoms with van der Waals surface area (Å²) in [5.74, 6) is -0.132. The van der Waals surface area contributed by atoms with Crippen molar-refractivity contribution in [3.63, 3.8) is 0 Å². The van der Waals surface area contributed by atoms with Gasteiger partial charge < -0.3 is 10.1 Å². The zero-order valence-corrected chi connectivity index (χ0v) is 18.2. The van der Waals surface area contributed by atoms with Crippen molar-refractivity contribution in [3.8, 4) is 6.07 Å². The molecule has 5 nitrogen and oxygen atoms in total. The van der Waals surface area contributed by atoms with Gasteiger partial charge in [-0.05, 0) is 61.9 Å². The monoisotopic (exact) mass is 434 g/mol. The summed E-state index contributed by atoms with van der Waals surface area (Å²) in [5, 5.41) is 11.7. The van der Waals surface area contributed by atoms with Crippen LogP contribution in [0.1, 0.15) is 53.6 Å². The molecule has 0 unspecified atom stereocenters. The summed E-state index contributed by atoms with van der Waals surface area (Å²) in [5.41, 5.74) is 3.52. The molecule has 0 radical (unpaired) electrons. The molecule has 0 heterocycles. The molecule has 31 heavy (non-hydrogen) atoms. The second-order valence-corrected chi connectivity index (χ2v) is 8.39. The molecule has 6 heteroatoms. The van der Waals surface area contributed by atoms with Crippen LogP contribution in [-0.2, 0) is 15.3 Å². The number of carbonyl (C=O) groups excluding carboxylic acids is 2. The van der Waals surface area contributed by atoms with E-state index in [1.807, 2.05) is 24.3 Å². The maximum Gasteiger partial charge on any atom is 0.339 e. The number of nitrogens with one attached hydrogen (secondary N) is 1. The molecule has 3 rings (SSSR count). The Kier molecular flexibility index (Phi) is 8.74. The summed E-state index contributed by atoms with van der Waals surface area (Å²) in [4.78, 5) is 25.4. The van der Waals surface area contributed by atoms with Crippen LogP contribution in [0.2, 0.25) is 0 Å². The van der Waals surface area contributed by atoms with Crippen molar-refractivity contribution >= 4 is 23.6 Å². The molecule has 0 aliphatic heterocycles. The van der Waals surface area contributed by atoms with E-state index < -0.39 is 5.97 Å².